The maximum Gasteiger partial charge on any atom is 2.00 e. The van der Waals surface area contributed by atoms with Gasteiger partial charge < -0.3 is 6.15 Å². The molecule has 28 heavy (non-hydrogen) atoms. The first-order valence-electron chi connectivity index (χ1n) is 7.60. The van der Waals surface area contributed by atoms with Gasteiger partial charge in [0.25, 0.3) is 0 Å². The molecule has 0 bridgehead atoms. The Morgan fingerprint density at radius 2 is 1.46 bits per heavy atom. The number of rotatable bonds is 1. The Balaban J connectivity index is 0.000000574. The van der Waals surface area contributed by atoms with Crippen LogP contribution in [0.4, 0.5) is 0 Å². The zero-order valence-corrected chi connectivity index (χ0v) is 20.1. The van der Waals surface area contributed by atoms with E-state index in [1.54, 1.807) is 0 Å². The average molecular weight is 564 g/mol. The summed E-state index contributed by atoms with van der Waals surface area (Å²) < 4.78 is 1.84. The molecule has 0 aliphatic carbocycles. The Morgan fingerprint density at radius 1 is 0.893 bits per heavy atom. The molecule has 0 saturated heterocycles. The van der Waals surface area contributed by atoms with Crippen molar-refractivity contribution in [1.82, 2.24) is 16.1 Å². The maximum atomic E-state index is 4.51. The van der Waals surface area contributed by atoms with Crippen molar-refractivity contribution in [3.05, 3.63) is 93.7 Å². The third-order valence-corrected chi connectivity index (χ3v) is 4.48. The van der Waals surface area contributed by atoms with Gasteiger partial charge in [0.15, 0.2) is 0 Å². The number of aryl methyl sites for hydroxylation is 1. The minimum Gasteiger partial charge on any atom is -0.344 e. The summed E-state index contributed by atoms with van der Waals surface area (Å²) in [5.74, 6) is 0. The minimum absolute atomic E-state index is 0. The van der Waals surface area contributed by atoms with Gasteiger partial charge in [-0.05, 0) is 27.4 Å². The quantitative estimate of drug-likeness (QED) is 0.117. The van der Waals surface area contributed by atoms with Crippen molar-refractivity contribution in [2.24, 2.45) is 0 Å². The van der Waals surface area contributed by atoms with Crippen LogP contribution >= 0.6 is 44.3 Å². The second-order valence-corrected chi connectivity index (χ2v) is 7.06. The van der Waals surface area contributed by atoms with E-state index in [9.17, 15) is 0 Å². The van der Waals surface area contributed by atoms with Crippen molar-refractivity contribution in [2.45, 2.75) is 6.92 Å². The van der Waals surface area contributed by atoms with E-state index in [0.717, 1.165) is 36.6 Å². The SMILES string of the molecule is C=[C-]c1ccc2ccc3ccc(Br)nc3c2n1.Cc1[c-]c(Br)ccc1.Cl.N.[Fe+2]. The number of pyridine rings is 2. The van der Waals surface area contributed by atoms with E-state index in [1.807, 2.05) is 55.5 Å². The molecular formula is C21H18Br2ClFeN3. The van der Waals surface area contributed by atoms with Crippen molar-refractivity contribution >= 4 is 66.1 Å². The number of hydrogen-bond acceptors (Lipinski definition) is 3. The predicted molar refractivity (Wildman–Crippen MR) is 123 cm³/mol. The van der Waals surface area contributed by atoms with Crippen LogP contribution in [0.3, 0.4) is 0 Å². The number of benzene rings is 2. The Bertz CT molecular complexity index is 1060. The molecule has 2 aromatic heterocycles. The molecule has 3 nitrogen and oxygen atoms in total. The molecule has 0 aliphatic rings. The third kappa shape index (κ3) is 6.66. The van der Waals surface area contributed by atoms with Crippen molar-refractivity contribution in [2.75, 3.05) is 0 Å². The summed E-state index contributed by atoms with van der Waals surface area (Å²) in [5, 5.41) is 2.15. The second-order valence-electron chi connectivity index (χ2n) is 5.40. The van der Waals surface area contributed by atoms with E-state index in [4.69, 9.17) is 0 Å². The number of fused-ring (bicyclic) bond motifs is 3. The second kappa shape index (κ2) is 12.3. The summed E-state index contributed by atoms with van der Waals surface area (Å²) in [6, 6.07) is 21.0. The summed E-state index contributed by atoms with van der Waals surface area (Å²) >= 11 is 6.69. The van der Waals surface area contributed by atoms with Crippen LogP contribution in [0.2, 0.25) is 0 Å². The third-order valence-electron chi connectivity index (χ3n) is 3.57. The molecule has 0 unspecified atom stereocenters. The molecule has 0 amide bonds. The van der Waals surface area contributed by atoms with Crippen LogP contribution in [-0.2, 0) is 17.1 Å². The molecule has 0 aliphatic heterocycles. The molecule has 0 spiro atoms. The van der Waals surface area contributed by atoms with Crippen LogP contribution in [0.5, 0.6) is 0 Å². The largest absolute Gasteiger partial charge is 2.00 e. The van der Waals surface area contributed by atoms with E-state index in [2.05, 4.69) is 66.6 Å². The molecular weight excluding hydrogens is 545 g/mol. The summed E-state index contributed by atoms with van der Waals surface area (Å²) in [7, 11) is 0. The van der Waals surface area contributed by atoms with Gasteiger partial charge in [0.1, 0.15) is 4.60 Å². The van der Waals surface area contributed by atoms with Crippen LogP contribution in [0.25, 0.3) is 21.8 Å². The van der Waals surface area contributed by atoms with Gasteiger partial charge in [0.05, 0.1) is 11.0 Å². The minimum atomic E-state index is 0. The van der Waals surface area contributed by atoms with Crippen LogP contribution in [0, 0.1) is 19.1 Å². The van der Waals surface area contributed by atoms with Crippen molar-refractivity contribution in [3.8, 4) is 0 Å². The van der Waals surface area contributed by atoms with Gasteiger partial charge in [-0.25, -0.2) is 11.1 Å². The van der Waals surface area contributed by atoms with Crippen LogP contribution < -0.4 is 6.15 Å². The van der Waals surface area contributed by atoms with E-state index in [-0.39, 0.29) is 35.6 Å². The molecule has 4 aromatic rings. The molecule has 0 fully saturated rings. The normalized spacial score (nSPS) is 9.25. The van der Waals surface area contributed by atoms with Gasteiger partial charge in [-0.15, -0.1) is 24.2 Å². The molecule has 146 valence electrons. The van der Waals surface area contributed by atoms with Crippen molar-refractivity contribution < 1.29 is 17.1 Å². The Labute approximate surface area is 198 Å². The van der Waals surface area contributed by atoms with Crippen molar-refractivity contribution in [3.63, 3.8) is 0 Å². The molecule has 0 radical (unpaired) electrons. The number of hydrogen-bond donors (Lipinski definition) is 1. The van der Waals surface area contributed by atoms with Crippen LogP contribution in [0.15, 0.2) is 70.3 Å². The van der Waals surface area contributed by atoms with Gasteiger partial charge in [-0.2, -0.15) is 42.5 Å². The van der Waals surface area contributed by atoms with Gasteiger partial charge in [0, 0.05) is 5.39 Å². The first-order chi connectivity index (χ1) is 12.1. The molecule has 2 aromatic carbocycles. The molecule has 0 saturated carbocycles. The van der Waals surface area contributed by atoms with E-state index < -0.39 is 0 Å². The number of aromatic nitrogens is 2. The summed E-state index contributed by atoms with van der Waals surface area (Å²) in [6.07, 6.45) is 2.80. The Kier molecular flexibility index (Phi) is 11.8. The predicted octanol–water partition coefficient (Wildman–Crippen LogP) is 7.02. The molecule has 7 heteroatoms. The fourth-order valence-corrected chi connectivity index (χ4v) is 3.17. The number of nitrogens with zero attached hydrogens (tertiary/aromatic N) is 2. The van der Waals surface area contributed by atoms with Crippen LogP contribution in [0.1, 0.15) is 11.3 Å². The van der Waals surface area contributed by atoms with Crippen molar-refractivity contribution in [1.29, 1.82) is 0 Å². The van der Waals surface area contributed by atoms with Gasteiger partial charge in [0.2, 0.25) is 0 Å². The van der Waals surface area contributed by atoms with Gasteiger partial charge in [-0.1, -0.05) is 45.5 Å². The average Bonchev–Trinajstić information content (AvgIpc) is 2.61. The zero-order chi connectivity index (χ0) is 17.8. The topological polar surface area (TPSA) is 60.8 Å². The first-order valence-corrected chi connectivity index (χ1v) is 9.19. The summed E-state index contributed by atoms with van der Waals surface area (Å²) in [4.78, 5) is 8.99. The molecule has 3 N–H and O–H groups in total. The van der Waals surface area contributed by atoms with E-state index in [0.29, 0.717) is 0 Å². The smallest absolute Gasteiger partial charge is 0.344 e. The van der Waals surface area contributed by atoms with Gasteiger partial charge in [-0.3, -0.25) is 4.98 Å². The van der Waals surface area contributed by atoms with Crippen LogP contribution in [-0.4, -0.2) is 9.97 Å². The molecule has 2 heterocycles. The standard InChI is InChI=1S/C14H8BrN2.C7H6Br.ClH.Fe.H3N/c1-2-11-7-5-9-3-4-10-6-8-12(15)17-14(10)13(9)16-11;1-6-3-2-4-7(8)5-6;;;/h3-8H,1H2;2-4H,1H3;1H;;1H3/q2*-1;;+2;. The van der Waals surface area contributed by atoms with Gasteiger partial charge >= 0.3 is 17.1 Å². The Morgan fingerprint density at radius 3 is 2.00 bits per heavy atom. The fourth-order valence-electron chi connectivity index (χ4n) is 2.39. The number of halogens is 3. The molecule has 0 atom stereocenters. The Hall–Kier alpha value is -1.27. The molecule has 4 rings (SSSR count). The maximum absolute atomic E-state index is 4.51. The summed E-state index contributed by atoms with van der Waals surface area (Å²) in [6.45, 7) is 5.64. The first kappa shape index (κ1) is 26.7. The zero-order valence-electron chi connectivity index (χ0n) is 15.0. The van der Waals surface area contributed by atoms with E-state index in [1.165, 1.54) is 5.56 Å². The summed E-state index contributed by atoms with van der Waals surface area (Å²) in [5.41, 5.74) is 3.69. The van der Waals surface area contributed by atoms with E-state index >= 15 is 0 Å². The monoisotopic (exact) mass is 561 g/mol. The fraction of sp³-hybridized carbons (Fsp3) is 0.0476.